The van der Waals surface area contributed by atoms with Gasteiger partial charge >= 0.3 is 15.6 Å². The molecule has 0 saturated heterocycles. The first-order valence-electron chi connectivity index (χ1n) is 18.7. The molecule has 2 rings (SSSR count). The largest absolute Gasteiger partial charge is 0.527 e. The average Bonchev–Trinajstić information content (AvgIpc) is 3.05. The zero-order valence-corrected chi connectivity index (χ0v) is 32.0. The van der Waals surface area contributed by atoms with Crippen LogP contribution in [0.25, 0.3) is 0 Å². The first kappa shape index (κ1) is 42.5. The summed E-state index contributed by atoms with van der Waals surface area (Å²) in [6.45, 7) is 7.86. The molecule has 0 bridgehead atoms. The topological polar surface area (TPSA) is 112 Å². The highest BCUT2D eigenvalue weighted by Gasteiger charge is 2.28. The summed E-state index contributed by atoms with van der Waals surface area (Å²) in [5.41, 5.74) is 4.17. The van der Waals surface area contributed by atoms with Gasteiger partial charge < -0.3 is 9.05 Å². The Hall–Kier alpha value is -1.66. The minimum absolute atomic E-state index is 0.350. The Labute approximate surface area is 291 Å². The Kier molecular flexibility index (Phi) is 21.7. The van der Waals surface area contributed by atoms with Gasteiger partial charge in [0.05, 0.1) is 13.2 Å². The van der Waals surface area contributed by atoms with Gasteiger partial charge in [0.2, 0.25) is 0 Å². The molecule has 0 spiro atoms. The van der Waals surface area contributed by atoms with Crippen LogP contribution >= 0.6 is 15.6 Å². The number of phosphoric ester groups is 2. The minimum Gasteiger partial charge on any atom is -0.404 e. The van der Waals surface area contributed by atoms with E-state index in [1.54, 1.807) is 12.1 Å². The number of rotatable bonds is 29. The zero-order valence-electron chi connectivity index (χ0n) is 30.3. The molecule has 0 heterocycles. The van der Waals surface area contributed by atoms with E-state index in [4.69, 9.17) is 18.1 Å². The van der Waals surface area contributed by atoms with Crippen molar-refractivity contribution < 1.29 is 37.0 Å². The number of unbranched alkanes of at least 4 members (excludes halogenated alkanes) is 12. The van der Waals surface area contributed by atoms with Crippen LogP contribution in [0.1, 0.15) is 153 Å². The lowest BCUT2D eigenvalue weighted by Gasteiger charge is -2.20. The van der Waals surface area contributed by atoms with E-state index in [-0.39, 0.29) is 0 Å². The van der Waals surface area contributed by atoms with Crippen molar-refractivity contribution in [2.45, 2.75) is 156 Å². The number of phosphoric acid groups is 2. The van der Waals surface area contributed by atoms with E-state index in [2.05, 4.69) is 39.8 Å². The van der Waals surface area contributed by atoms with Crippen molar-refractivity contribution in [3.8, 4) is 11.5 Å². The lowest BCUT2D eigenvalue weighted by molar-refractivity contribution is 0.139. The van der Waals surface area contributed by atoms with E-state index in [1.807, 2.05) is 12.1 Å². The van der Waals surface area contributed by atoms with E-state index in [1.165, 1.54) is 12.8 Å². The van der Waals surface area contributed by atoms with Gasteiger partial charge in [0, 0.05) is 0 Å². The van der Waals surface area contributed by atoms with Gasteiger partial charge in [0.15, 0.2) is 0 Å². The predicted octanol–water partition coefficient (Wildman–Crippen LogP) is 11.9. The number of hydrogen-bond donors (Lipinski definition) is 2. The van der Waals surface area contributed by atoms with E-state index in [0.717, 1.165) is 138 Å². The molecule has 10 heteroatoms. The van der Waals surface area contributed by atoms with Crippen LogP contribution in [0.15, 0.2) is 36.4 Å². The SMILES string of the molecule is CCCCCCc1cccc(OP(=O)(O)OCCOP(=O)(O)Oc2cccc(CCCCCC)c2CCCCCC)c1CCCCCC. The summed E-state index contributed by atoms with van der Waals surface area (Å²) in [7, 11) is -9.06. The van der Waals surface area contributed by atoms with Crippen LogP contribution in [0.4, 0.5) is 0 Å². The normalized spacial score (nSPS) is 14.0. The molecule has 0 aliphatic rings. The first-order valence-corrected chi connectivity index (χ1v) is 21.7. The van der Waals surface area contributed by atoms with Crippen LogP contribution in [0.5, 0.6) is 11.5 Å². The van der Waals surface area contributed by atoms with Crippen LogP contribution in [0.2, 0.25) is 0 Å². The number of aryl methyl sites for hydroxylation is 2. The van der Waals surface area contributed by atoms with Crippen LogP contribution in [-0.4, -0.2) is 23.0 Å². The van der Waals surface area contributed by atoms with Gasteiger partial charge in [0.25, 0.3) is 0 Å². The highest BCUT2D eigenvalue weighted by molar-refractivity contribution is 7.48. The third kappa shape index (κ3) is 17.3. The molecule has 48 heavy (non-hydrogen) atoms. The average molecular weight is 711 g/mol. The molecular formula is C38H64O8P2. The van der Waals surface area contributed by atoms with Crippen molar-refractivity contribution >= 4 is 15.6 Å². The summed E-state index contributed by atoms with van der Waals surface area (Å²) in [5.74, 6) is 0.701. The fourth-order valence-corrected chi connectivity index (χ4v) is 7.53. The van der Waals surface area contributed by atoms with Crippen LogP contribution < -0.4 is 9.05 Å². The Morgan fingerprint density at radius 1 is 0.479 bits per heavy atom. The van der Waals surface area contributed by atoms with Crippen molar-refractivity contribution in [3.63, 3.8) is 0 Å². The lowest BCUT2D eigenvalue weighted by Crippen LogP contribution is -2.08. The first-order chi connectivity index (χ1) is 23.2. The Balaban J connectivity index is 2.03. The van der Waals surface area contributed by atoms with Crippen molar-refractivity contribution in [3.05, 3.63) is 58.7 Å². The van der Waals surface area contributed by atoms with E-state index < -0.39 is 28.9 Å². The molecule has 0 saturated carbocycles. The molecule has 2 atom stereocenters. The van der Waals surface area contributed by atoms with E-state index >= 15 is 0 Å². The molecule has 0 amide bonds. The minimum atomic E-state index is -4.53. The van der Waals surface area contributed by atoms with Crippen molar-refractivity contribution in [1.82, 2.24) is 0 Å². The molecular weight excluding hydrogens is 646 g/mol. The van der Waals surface area contributed by atoms with Gasteiger partial charge in [-0.25, -0.2) is 9.13 Å². The van der Waals surface area contributed by atoms with Gasteiger partial charge in [-0.05, 0) is 85.8 Å². The quantitative estimate of drug-likeness (QED) is 0.0634. The molecule has 8 nitrogen and oxygen atoms in total. The molecule has 2 unspecified atom stereocenters. The Bertz CT molecular complexity index is 1160. The maximum atomic E-state index is 13.0. The fourth-order valence-electron chi connectivity index (χ4n) is 5.98. The molecule has 274 valence electrons. The van der Waals surface area contributed by atoms with Gasteiger partial charge in [-0.3, -0.25) is 18.8 Å². The van der Waals surface area contributed by atoms with Crippen LogP contribution in [0.3, 0.4) is 0 Å². The molecule has 0 radical (unpaired) electrons. The van der Waals surface area contributed by atoms with Gasteiger partial charge in [-0.2, -0.15) is 0 Å². The highest BCUT2D eigenvalue weighted by Crippen LogP contribution is 2.48. The Morgan fingerprint density at radius 3 is 1.15 bits per heavy atom. The summed E-state index contributed by atoms with van der Waals surface area (Å²) in [5, 5.41) is 0. The van der Waals surface area contributed by atoms with Crippen molar-refractivity contribution in [1.29, 1.82) is 0 Å². The van der Waals surface area contributed by atoms with Gasteiger partial charge in [0.1, 0.15) is 11.5 Å². The van der Waals surface area contributed by atoms with Crippen molar-refractivity contribution in [2.75, 3.05) is 13.2 Å². The van der Waals surface area contributed by atoms with E-state index in [0.29, 0.717) is 11.5 Å². The van der Waals surface area contributed by atoms with Crippen LogP contribution in [0, 0.1) is 0 Å². The second-order valence-corrected chi connectivity index (χ2v) is 15.6. The summed E-state index contributed by atoms with van der Waals surface area (Å²) >= 11 is 0. The molecule has 2 aromatic rings. The number of benzene rings is 2. The monoisotopic (exact) mass is 710 g/mol. The second kappa shape index (κ2) is 24.5. The van der Waals surface area contributed by atoms with E-state index in [9.17, 15) is 18.9 Å². The maximum Gasteiger partial charge on any atom is 0.527 e. The standard InChI is InChI=1S/C38H64O8P2/c1-5-9-13-17-23-33-25-21-29-37(35(33)27-19-15-11-7-3)45-47(39,40)43-31-32-44-48(41,42)46-38-30-22-26-34(24-18-14-10-6-2)36(38)28-20-16-12-8-4/h21-22,25-26,29-30H,5-20,23-24,27-28,31-32H2,1-4H3,(H,39,40)(H,41,42). The summed E-state index contributed by atoms with van der Waals surface area (Å²) < 4.78 is 47.5. The molecule has 0 aliphatic heterocycles. The highest BCUT2D eigenvalue weighted by atomic mass is 31.2. The molecule has 0 fully saturated rings. The Morgan fingerprint density at radius 2 is 0.812 bits per heavy atom. The predicted molar refractivity (Wildman–Crippen MR) is 197 cm³/mol. The van der Waals surface area contributed by atoms with Gasteiger partial charge in [-0.1, -0.05) is 129 Å². The molecule has 0 aromatic heterocycles. The van der Waals surface area contributed by atoms with Crippen LogP contribution in [-0.2, 0) is 43.9 Å². The third-order valence-corrected chi connectivity index (χ3v) is 10.5. The summed E-state index contributed by atoms with van der Waals surface area (Å²) in [6.07, 6.45) is 21.0. The lowest BCUT2D eigenvalue weighted by atomic mass is 9.96. The third-order valence-electron chi connectivity index (χ3n) is 8.64. The van der Waals surface area contributed by atoms with Gasteiger partial charge in [-0.15, -0.1) is 0 Å². The smallest absolute Gasteiger partial charge is 0.404 e. The molecule has 2 aromatic carbocycles. The second-order valence-electron chi connectivity index (χ2n) is 12.8. The molecule has 0 aliphatic carbocycles. The summed E-state index contributed by atoms with van der Waals surface area (Å²) in [6, 6.07) is 11.3. The maximum absolute atomic E-state index is 13.0. The molecule has 2 N–H and O–H groups in total. The summed E-state index contributed by atoms with van der Waals surface area (Å²) in [4.78, 5) is 21.2. The fraction of sp³-hybridized carbons (Fsp3) is 0.684. The number of hydrogen-bond acceptors (Lipinski definition) is 6. The van der Waals surface area contributed by atoms with Crippen molar-refractivity contribution in [2.24, 2.45) is 0 Å². The zero-order chi connectivity index (χ0) is 35.1.